The number of aryl methyl sites for hydroxylation is 1. The Labute approximate surface area is 133 Å². The number of anilines is 1. The van der Waals surface area contributed by atoms with Crippen molar-refractivity contribution in [3.8, 4) is 5.75 Å². The minimum absolute atomic E-state index is 0.0698. The molecule has 4 rings (SSSR count). The van der Waals surface area contributed by atoms with Gasteiger partial charge >= 0.3 is 0 Å². The van der Waals surface area contributed by atoms with Gasteiger partial charge in [-0.25, -0.2) is 0 Å². The summed E-state index contributed by atoms with van der Waals surface area (Å²) in [5.41, 5.74) is 5.55. The molecule has 2 N–H and O–H groups in total. The zero-order chi connectivity index (χ0) is 16.0. The number of methoxy groups -OCH3 is 1. The molecule has 3 aromatic rings. The summed E-state index contributed by atoms with van der Waals surface area (Å²) in [5, 5.41) is 3.94. The van der Waals surface area contributed by atoms with E-state index in [2.05, 4.69) is 16.4 Å². The predicted octanol–water partition coefficient (Wildman–Crippen LogP) is 3.98. The van der Waals surface area contributed by atoms with Gasteiger partial charge in [0.15, 0.2) is 0 Å². The highest BCUT2D eigenvalue weighted by Gasteiger charge is 2.23. The molecule has 1 aromatic heterocycles. The highest BCUT2D eigenvalue weighted by molar-refractivity contribution is 6.35. The number of nitrogens with one attached hydrogen (secondary N) is 2. The number of aromatic nitrogens is 1. The number of benzene rings is 2. The SMILES string of the molecule is COc1cc2c(/C=C3\C(=O)Nc4ccccc43)c[nH]c2cc1C. The molecule has 0 saturated heterocycles. The Hall–Kier alpha value is -3.01. The number of hydrogen-bond acceptors (Lipinski definition) is 2. The van der Waals surface area contributed by atoms with Gasteiger partial charge in [-0.05, 0) is 36.8 Å². The molecule has 1 aliphatic rings. The van der Waals surface area contributed by atoms with Crippen LogP contribution in [-0.4, -0.2) is 18.0 Å². The summed E-state index contributed by atoms with van der Waals surface area (Å²) in [6.07, 6.45) is 3.85. The number of H-pyrrole nitrogens is 1. The minimum Gasteiger partial charge on any atom is -0.496 e. The Balaban J connectivity index is 1.89. The lowest BCUT2D eigenvalue weighted by atomic mass is 10.0. The van der Waals surface area contributed by atoms with Crippen LogP contribution >= 0.6 is 0 Å². The van der Waals surface area contributed by atoms with Gasteiger partial charge in [0.1, 0.15) is 5.75 Å². The zero-order valence-electron chi connectivity index (χ0n) is 12.9. The Morgan fingerprint density at radius 3 is 2.83 bits per heavy atom. The molecular weight excluding hydrogens is 288 g/mol. The van der Waals surface area contributed by atoms with Crippen LogP contribution in [0, 0.1) is 6.92 Å². The number of rotatable bonds is 2. The second kappa shape index (κ2) is 5.02. The fourth-order valence-electron chi connectivity index (χ4n) is 3.06. The van der Waals surface area contributed by atoms with E-state index in [1.54, 1.807) is 7.11 Å². The summed E-state index contributed by atoms with van der Waals surface area (Å²) >= 11 is 0. The Kier molecular flexibility index (Phi) is 2.98. The molecule has 0 saturated carbocycles. The van der Waals surface area contributed by atoms with E-state index in [9.17, 15) is 4.79 Å². The van der Waals surface area contributed by atoms with Gasteiger partial charge in [0, 0.05) is 39.5 Å². The van der Waals surface area contributed by atoms with Crippen LogP contribution in [0.4, 0.5) is 5.69 Å². The number of amides is 1. The molecule has 114 valence electrons. The lowest BCUT2D eigenvalue weighted by molar-refractivity contribution is -0.110. The fourth-order valence-corrected chi connectivity index (χ4v) is 3.06. The lowest BCUT2D eigenvalue weighted by Crippen LogP contribution is -2.03. The number of carbonyl (C=O) groups excluding carboxylic acids is 1. The molecule has 0 spiro atoms. The van der Waals surface area contributed by atoms with E-state index < -0.39 is 0 Å². The highest BCUT2D eigenvalue weighted by Crippen LogP contribution is 2.35. The number of para-hydroxylation sites is 1. The molecule has 1 aliphatic heterocycles. The van der Waals surface area contributed by atoms with Crippen LogP contribution < -0.4 is 10.1 Å². The molecule has 4 heteroatoms. The first-order chi connectivity index (χ1) is 11.2. The molecule has 0 aliphatic carbocycles. The van der Waals surface area contributed by atoms with Gasteiger partial charge in [-0.3, -0.25) is 4.79 Å². The van der Waals surface area contributed by atoms with Crippen molar-refractivity contribution in [2.75, 3.05) is 12.4 Å². The van der Waals surface area contributed by atoms with Crippen LogP contribution in [0.2, 0.25) is 0 Å². The first-order valence-corrected chi connectivity index (χ1v) is 7.45. The molecule has 4 nitrogen and oxygen atoms in total. The summed E-state index contributed by atoms with van der Waals surface area (Å²) in [4.78, 5) is 15.5. The van der Waals surface area contributed by atoms with Crippen molar-refractivity contribution in [3.63, 3.8) is 0 Å². The predicted molar refractivity (Wildman–Crippen MR) is 92.5 cm³/mol. The van der Waals surface area contributed by atoms with Crippen LogP contribution in [0.5, 0.6) is 5.75 Å². The van der Waals surface area contributed by atoms with Gasteiger partial charge in [0.2, 0.25) is 0 Å². The maximum atomic E-state index is 12.3. The molecular formula is C19H16N2O2. The summed E-state index contributed by atoms with van der Waals surface area (Å²) in [6.45, 7) is 2.01. The van der Waals surface area contributed by atoms with Crippen LogP contribution in [0.3, 0.4) is 0 Å². The summed E-state index contributed by atoms with van der Waals surface area (Å²) in [6, 6.07) is 11.8. The summed E-state index contributed by atoms with van der Waals surface area (Å²) in [5.74, 6) is 0.771. The van der Waals surface area contributed by atoms with E-state index in [0.29, 0.717) is 5.57 Å². The first kappa shape index (κ1) is 13.6. The average Bonchev–Trinajstić information content (AvgIpc) is 3.08. The van der Waals surface area contributed by atoms with E-state index in [0.717, 1.165) is 39.0 Å². The third-order valence-corrected chi connectivity index (χ3v) is 4.24. The van der Waals surface area contributed by atoms with Crippen molar-refractivity contribution in [2.45, 2.75) is 6.92 Å². The van der Waals surface area contributed by atoms with E-state index in [4.69, 9.17) is 4.74 Å². The number of aromatic amines is 1. The normalized spacial score (nSPS) is 15.0. The minimum atomic E-state index is -0.0698. The molecule has 0 fully saturated rings. The van der Waals surface area contributed by atoms with Crippen molar-refractivity contribution >= 4 is 34.1 Å². The number of ether oxygens (including phenoxy) is 1. The molecule has 23 heavy (non-hydrogen) atoms. The maximum Gasteiger partial charge on any atom is 0.256 e. The van der Waals surface area contributed by atoms with Crippen LogP contribution in [-0.2, 0) is 4.79 Å². The van der Waals surface area contributed by atoms with E-state index in [1.165, 1.54) is 0 Å². The second-order valence-electron chi connectivity index (χ2n) is 5.67. The van der Waals surface area contributed by atoms with Crippen LogP contribution in [0.1, 0.15) is 16.7 Å². The zero-order valence-corrected chi connectivity index (χ0v) is 12.9. The van der Waals surface area contributed by atoms with Crippen molar-refractivity contribution in [3.05, 3.63) is 59.3 Å². The van der Waals surface area contributed by atoms with Crippen molar-refractivity contribution in [1.29, 1.82) is 0 Å². The summed E-state index contributed by atoms with van der Waals surface area (Å²) in [7, 11) is 1.67. The van der Waals surface area contributed by atoms with Gasteiger partial charge in [0.25, 0.3) is 5.91 Å². The van der Waals surface area contributed by atoms with Crippen molar-refractivity contribution in [2.24, 2.45) is 0 Å². The van der Waals surface area contributed by atoms with Gasteiger partial charge < -0.3 is 15.0 Å². The quantitative estimate of drug-likeness (QED) is 0.704. The smallest absolute Gasteiger partial charge is 0.256 e. The average molecular weight is 304 g/mol. The molecule has 2 aromatic carbocycles. The van der Waals surface area contributed by atoms with Gasteiger partial charge in [0.05, 0.1) is 7.11 Å². The molecule has 1 amide bonds. The highest BCUT2D eigenvalue weighted by atomic mass is 16.5. The van der Waals surface area contributed by atoms with Crippen molar-refractivity contribution < 1.29 is 9.53 Å². The molecule has 0 atom stereocenters. The van der Waals surface area contributed by atoms with E-state index >= 15 is 0 Å². The maximum absolute atomic E-state index is 12.3. The Morgan fingerprint density at radius 1 is 1.17 bits per heavy atom. The van der Waals surface area contributed by atoms with E-state index in [-0.39, 0.29) is 5.91 Å². The van der Waals surface area contributed by atoms with E-state index in [1.807, 2.05) is 49.5 Å². The van der Waals surface area contributed by atoms with Gasteiger partial charge in [-0.2, -0.15) is 0 Å². The summed E-state index contributed by atoms with van der Waals surface area (Å²) < 4.78 is 5.41. The fraction of sp³-hybridized carbons (Fsp3) is 0.105. The standard InChI is InChI=1S/C19H16N2O2/c1-11-7-17-14(9-18(11)23-2)12(10-20-17)8-15-13-5-3-4-6-16(13)21-19(15)22/h3-10,20H,1-2H3,(H,21,22)/b15-8-. The topological polar surface area (TPSA) is 54.1 Å². The lowest BCUT2D eigenvalue weighted by Gasteiger charge is -2.05. The third-order valence-electron chi connectivity index (χ3n) is 4.24. The Morgan fingerprint density at radius 2 is 2.00 bits per heavy atom. The molecule has 0 radical (unpaired) electrons. The van der Waals surface area contributed by atoms with Crippen LogP contribution in [0.15, 0.2) is 42.6 Å². The monoisotopic (exact) mass is 304 g/mol. The third kappa shape index (κ3) is 2.11. The number of hydrogen-bond donors (Lipinski definition) is 2. The molecule has 0 unspecified atom stereocenters. The molecule has 2 heterocycles. The molecule has 0 bridgehead atoms. The second-order valence-corrected chi connectivity index (χ2v) is 5.67. The number of fused-ring (bicyclic) bond motifs is 2. The van der Waals surface area contributed by atoms with Gasteiger partial charge in [-0.1, -0.05) is 18.2 Å². The Bertz CT molecular complexity index is 967. The van der Waals surface area contributed by atoms with Gasteiger partial charge in [-0.15, -0.1) is 0 Å². The first-order valence-electron chi connectivity index (χ1n) is 7.45. The number of carbonyl (C=O) groups is 1. The van der Waals surface area contributed by atoms with Crippen LogP contribution in [0.25, 0.3) is 22.6 Å². The van der Waals surface area contributed by atoms with Crippen molar-refractivity contribution in [1.82, 2.24) is 4.98 Å². The largest absolute Gasteiger partial charge is 0.496 e.